The van der Waals surface area contributed by atoms with Crippen molar-refractivity contribution < 1.29 is 14.3 Å². The summed E-state index contributed by atoms with van der Waals surface area (Å²) in [5, 5.41) is 1.10. The van der Waals surface area contributed by atoms with Crippen LogP contribution in [0.1, 0.15) is 24.4 Å². The van der Waals surface area contributed by atoms with E-state index in [9.17, 15) is 4.79 Å². The second-order valence-electron chi connectivity index (χ2n) is 7.26. The number of likely N-dealkylation sites (tertiary alicyclic amines) is 1. The summed E-state index contributed by atoms with van der Waals surface area (Å²) >= 11 is 1.59. The van der Waals surface area contributed by atoms with Crippen LogP contribution in [0.2, 0.25) is 0 Å². The quantitative estimate of drug-likeness (QED) is 0.599. The lowest BCUT2D eigenvalue weighted by atomic mass is 10.0. The Hall–Kier alpha value is -2.73. The molecule has 0 bridgehead atoms. The number of aromatic nitrogens is 1. The van der Waals surface area contributed by atoms with Crippen LogP contribution in [0.3, 0.4) is 0 Å². The van der Waals surface area contributed by atoms with Gasteiger partial charge in [-0.15, -0.1) is 11.8 Å². The maximum Gasteiger partial charge on any atom is 0.233 e. The molecule has 5 nitrogen and oxygen atoms in total. The second-order valence-corrected chi connectivity index (χ2v) is 8.28. The molecule has 148 valence electrons. The molecule has 3 aromatic rings. The summed E-state index contributed by atoms with van der Waals surface area (Å²) in [5.41, 5.74) is 2.08. The predicted octanol–water partition coefficient (Wildman–Crippen LogP) is 4.46. The maximum atomic E-state index is 13.1. The standard InChI is InChI=1S/C23H22N2O3S/c26-23(15-29-22-9-10-24-18-5-2-1-4-17(18)22)25-11-3-6-19(25)16-7-8-20-21(14-16)28-13-12-27-20/h1-2,4-5,7-10,14,19H,3,6,11-13,15H2. The molecule has 2 aromatic carbocycles. The molecule has 1 aromatic heterocycles. The molecule has 29 heavy (non-hydrogen) atoms. The summed E-state index contributed by atoms with van der Waals surface area (Å²) in [4.78, 5) is 20.6. The molecule has 1 amide bonds. The summed E-state index contributed by atoms with van der Waals surface area (Å²) in [6.45, 7) is 1.96. The fraction of sp³-hybridized carbons (Fsp3) is 0.304. The highest BCUT2D eigenvalue weighted by Gasteiger charge is 2.30. The highest BCUT2D eigenvalue weighted by molar-refractivity contribution is 8.00. The SMILES string of the molecule is O=C(CSc1ccnc2ccccc12)N1CCCC1c1ccc2c(c1)OCCO2. The van der Waals surface area contributed by atoms with Gasteiger partial charge in [-0.3, -0.25) is 9.78 Å². The zero-order valence-corrected chi connectivity index (χ0v) is 16.9. The van der Waals surface area contributed by atoms with Crippen molar-refractivity contribution in [3.63, 3.8) is 0 Å². The third kappa shape index (κ3) is 3.65. The van der Waals surface area contributed by atoms with Gasteiger partial charge in [0.05, 0.1) is 17.3 Å². The smallest absolute Gasteiger partial charge is 0.233 e. The number of fused-ring (bicyclic) bond motifs is 2. The first-order valence-electron chi connectivity index (χ1n) is 9.95. The molecule has 6 heteroatoms. The molecule has 1 atom stereocenters. The number of carbonyl (C=O) groups is 1. The molecule has 1 saturated heterocycles. The molecule has 5 rings (SSSR count). The lowest BCUT2D eigenvalue weighted by molar-refractivity contribution is -0.129. The van der Waals surface area contributed by atoms with Crippen molar-refractivity contribution in [2.75, 3.05) is 25.5 Å². The maximum absolute atomic E-state index is 13.1. The Morgan fingerprint density at radius 2 is 1.97 bits per heavy atom. The van der Waals surface area contributed by atoms with Crippen molar-refractivity contribution in [3.8, 4) is 11.5 Å². The van der Waals surface area contributed by atoms with Gasteiger partial charge in [0.15, 0.2) is 11.5 Å². The molecule has 1 fully saturated rings. The Morgan fingerprint density at radius 3 is 2.90 bits per heavy atom. The van der Waals surface area contributed by atoms with Gasteiger partial charge in [-0.25, -0.2) is 0 Å². The van der Waals surface area contributed by atoms with E-state index >= 15 is 0 Å². The van der Waals surface area contributed by atoms with Crippen molar-refractivity contribution >= 4 is 28.6 Å². The average molecular weight is 407 g/mol. The van der Waals surface area contributed by atoms with E-state index in [1.165, 1.54) is 0 Å². The van der Waals surface area contributed by atoms with E-state index in [1.54, 1.807) is 11.8 Å². The Balaban J connectivity index is 1.31. The van der Waals surface area contributed by atoms with E-state index in [4.69, 9.17) is 9.47 Å². The molecular weight excluding hydrogens is 384 g/mol. The Labute approximate surface area is 174 Å². The molecule has 0 radical (unpaired) electrons. The van der Waals surface area contributed by atoms with Gasteiger partial charge in [0.25, 0.3) is 0 Å². The topological polar surface area (TPSA) is 51.7 Å². The van der Waals surface area contributed by atoms with Crippen molar-refractivity contribution in [2.45, 2.75) is 23.8 Å². The minimum absolute atomic E-state index is 0.105. The number of carbonyl (C=O) groups excluding carboxylic acids is 1. The van der Waals surface area contributed by atoms with E-state index in [0.717, 1.165) is 52.2 Å². The fourth-order valence-electron chi connectivity index (χ4n) is 4.10. The van der Waals surface area contributed by atoms with Crippen LogP contribution in [0, 0.1) is 0 Å². The lowest BCUT2D eigenvalue weighted by Gasteiger charge is -2.26. The normalized spacial score (nSPS) is 18.2. The number of thioether (sulfide) groups is 1. The average Bonchev–Trinajstić information content (AvgIpc) is 3.27. The van der Waals surface area contributed by atoms with Gasteiger partial charge in [-0.2, -0.15) is 0 Å². The number of amides is 1. The van der Waals surface area contributed by atoms with Crippen LogP contribution >= 0.6 is 11.8 Å². The minimum atomic E-state index is 0.105. The molecule has 0 N–H and O–H groups in total. The molecular formula is C23H22N2O3S. The van der Waals surface area contributed by atoms with Crippen LogP contribution in [0.25, 0.3) is 10.9 Å². The number of hydrogen-bond acceptors (Lipinski definition) is 5. The summed E-state index contributed by atoms with van der Waals surface area (Å²) in [6.07, 6.45) is 3.81. The molecule has 2 aliphatic rings. The van der Waals surface area contributed by atoms with E-state index in [0.29, 0.717) is 19.0 Å². The van der Waals surface area contributed by atoms with Crippen LogP contribution in [-0.4, -0.2) is 41.3 Å². The minimum Gasteiger partial charge on any atom is -0.486 e. The number of benzene rings is 2. The van der Waals surface area contributed by atoms with Crippen molar-refractivity contribution in [1.82, 2.24) is 9.88 Å². The van der Waals surface area contributed by atoms with Crippen LogP contribution in [0.4, 0.5) is 0 Å². The number of rotatable bonds is 4. The Kier molecular flexibility index (Phi) is 5.02. The Morgan fingerprint density at radius 1 is 1.10 bits per heavy atom. The predicted molar refractivity (Wildman–Crippen MR) is 114 cm³/mol. The number of pyridine rings is 1. The first-order valence-corrected chi connectivity index (χ1v) is 10.9. The number of para-hydroxylation sites is 1. The second kappa shape index (κ2) is 7.95. The van der Waals surface area contributed by atoms with Gasteiger partial charge in [0.2, 0.25) is 5.91 Å². The molecule has 0 aliphatic carbocycles. The van der Waals surface area contributed by atoms with Gasteiger partial charge in [-0.05, 0) is 42.7 Å². The number of nitrogens with zero attached hydrogens (tertiary/aromatic N) is 2. The molecule has 1 unspecified atom stereocenters. The largest absolute Gasteiger partial charge is 0.486 e. The van der Waals surface area contributed by atoms with Crippen LogP contribution in [0.5, 0.6) is 11.5 Å². The molecule has 0 spiro atoms. The molecule has 3 heterocycles. The van der Waals surface area contributed by atoms with Gasteiger partial charge in [0, 0.05) is 23.0 Å². The van der Waals surface area contributed by atoms with E-state index < -0.39 is 0 Å². The molecule has 0 saturated carbocycles. The van der Waals surface area contributed by atoms with Gasteiger partial charge in [-0.1, -0.05) is 24.3 Å². The zero-order chi connectivity index (χ0) is 19.6. The van der Waals surface area contributed by atoms with Gasteiger partial charge < -0.3 is 14.4 Å². The van der Waals surface area contributed by atoms with Crippen molar-refractivity contribution in [3.05, 3.63) is 60.3 Å². The summed E-state index contributed by atoms with van der Waals surface area (Å²) in [5.74, 6) is 2.17. The van der Waals surface area contributed by atoms with Crippen molar-refractivity contribution in [1.29, 1.82) is 0 Å². The van der Waals surface area contributed by atoms with Crippen LogP contribution < -0.4 is 9.47 Å². The van der Waals surface area contributed by atoms with Crippen molar-refractivity contribution in [2.24, 2.45) is 0 Å². The monoisotopic (exact) mass is 406 g/mol. The lowest BCUT2D eigenvalue weighted by Crippen LogP contribution is -2.32. The van der Waals surface area contributed by atoms with E-state index in [1.807, 2.05) is 47.5 Å². The fourth-order valence-corrected chi connectivity index (χ4v) is 5.03. The summed E-state index contributed by atoms with van der Waals surface area (Å²) in [7, 11) is 0. The highest BCUT2D eigenvalue weighted by atomic mass is 32.2. The van der Waals surface area contributed by atoms with Gasteiger partial charge >= 0.3 is 0 Å². The number of hydrogen-bond donors (Lipinski definition) is 0. The summed E-state index contributed by atoms with van der Waals surface area (Å²) < 4.78 is 11.4. The first-order chi connectivity index (χ1) is 14.3. The summed E-state index contributed by atoms with van der Waals surface area (Å²) in [6, 6.07) is 16.2. The Bertz CT molecular complexity index is 1050. The highest BCUT2D eigenvalue weighted by Crippen LogP contribution is 2.38. The first kappa shape index (κ1) is 18.3. The van der Waals surface area contributed by atoms with E-state index in [2.05, 4.69) is 17.1 Å². The molecule has 2 aliphatic heterocycles. The third-order valence-corrected chi connectivity index (χ3v) is 6.54. The van der Waals surface area contributed by atoms with Crippen LogP contribution in [0.15, 0.2) is 59.6 Å². The number of ether oxygens (including phenoxy) is 2. The third-order valence-electron chi connectivity index (χ3n) is 5.48. The zero-order valence-electron chi connectivity index (χ0n) is 16.0. The van der Waals surface area contributed by atoms with Gasteiger partial charge in [0.1, 0.15) is 13.2 Å². The van der Waals surface area contributed by atoms with Crippen LogP contribution in [-0.2, 0) is 4.79 Å². The van der Waals surface area contributed by atoms with E-state index in [-0.39, 0.29) is 11.9 Å².